The number of rotatable bonds is 18. The number of carbonyl (C=O) groups is 3. The van der Waals surface area contributed by atoms with Crippen LogP contribution in [0.4, 0.5) is 39.0 Å². The Morgan fingerprint density at radius 3 is 1.74 bits per heavy atom. The molecule has 0 radical (unpaired) electrons. The number of aliphatic hydroxyl groups is 1. The van der Waals surface area contributed by atoms with Gasteiger partial charge in [-0.2, -0.15) is 0 Å². The van der Waals surface area contributed by atoms with Gasteiger partial charge in [0.05, 0.1) is 46.5 Å². The van der Waals surface area contributed by atoms with Crippen LogP contribution in [0.2, 0.25) is 5.02 Å². The molecule has 2 amide bonds. The van der Waals surface area contributed by atoms with E-state index in [2.05, 4.69) is 102 Å². The molecule has 3 saturated heterocycles. The largest absolute Gasteiger partial charge is 0.446 e. The van der Waals surface area contributed by atoms with Crippen LogP contribution in [-0.4, -0.2) is 141 Å². The number of aromatic nitrogens is 1. The number of halogens is 1. The van der Waals surface area contributed by atoms with Gasteiger partial charge in [-0.25, -0.2) is 14.7 Å². The van der Waals surface area contributed by atoms with E-state index in [9.17, 15) is 14.4 Å². The smallest absolute Gasteiger partial charge is 0.420 e. The van der Waals surface area contributed by atoms with Crippen molar-refractivity contribution in [3.8, 4) is 0 Å². The highest BCUT2D eigenvalue weighted by molar-refractivity contribution is 8.00. The van der Waals surface area contributed by atoms with Gasteiger partial charge in [0.25, 0.3) is 0 Å². The van der Waals surface area contributed by atoms with Crippen LogP contribution in [0.5, 0.6) is 0 Å². The SMILES string of the molecule is CC(=O)c1ccc2c(c1)N(CCCN1CCC(CCO)CC1)c1ccccc1S2.NC(=O)C1CCN(CCCN2c3ccccc3Sc3ccc(Cl)cc32)CC1.O=C(OCCOCCN1CCCCC1)N1c2ccccc2Sc2cccnc21. The minimum Gasteiger partial charge on any atom is -0.446 e. The second-order valence-electron chi connectivity index (χ2n) is 22.2. The van der Waals surface area contributed by atoms with Gasteiger partial charge in [0.15, 0.2) is 11.6 Å². The molecule has 0 atom stereocenters. The van der Waals surface area contributed by atoms with Crippen molar-refractivity contribution >= 4 is 98.9 Å². The Hall–Kier alpha value is -5.60. The number of aliphatic hydroxyl groups excluding tert-OH is 1. The number of para-hydroxylation sites is 3. The number of anilines is 6. The first-order valence-corrected chi connectivity index (χ1v) is 32.8. The highest BCUT2D eigenvalue weighted by Gasteiger charge is 2.31. The molecule has 5 aromatic carbocycles. The van der Waals surface area contributed by atoms with E-state index >= 15 is 0 Å². The maximum absolute atomic E-state index is 12.8. The van der Waals surface area contributed by atoms with E-state index in [4.69, 9.17) is 31.9 Å². The van der Waals surface area contributed by atoms with Gasteiger partial charge < -0.3 is 44.8 Å². The van der Waals surface area contributed by atoms with E-state index < -0.39 is 6.09 Å². The second-order valence-corrected chi connectivity index (χ2v) is 25.9. The van der Waals surface area contributed by atoms with Crippen LogP contribution in [0.3, 0.4) is 0 Å². The highest BCUT2D eigenvalue weighted by atomic mass is 35.5. The van der Waals surface area contributed by atoms with Gasteiger partial charge in [0, 0.05) is 73.4 Å². The number of benzene rings is 5. The topological polar surface area (TPSA) is 148 Å². The molecule has 84 heavy (non-hydrogen) atoms. The number of primary amides is 1. The third kappa shape index (κ3) is 16.1. The summed E-state index contributed by atoms with van der Waals surface area (Å²) >= 11 is 11.5. The number of pyridine rings is 1. The van der Waals surface area contributed by atoms with E-state index in [0.717, 1.165) is 136 Å². The first-order chi connectivity index (χ1) is 41.1. The van der Waals surface area contributed by atoms with Crippen LogP contribution in [0, 0.1) is 11.8 Å². The van der Waals surface area contributed by atoms with E-state index in [1.54, 1.807) is 53.3 Å². The Morgan fingerprint density at radius 1 is 0.583 bits per heavy atom. The van der Waals surface area contributed by atoms with E-state index in [-0.39, 0.29) is 24.2 Å². The average Bonchev–Trinajstić information content (AvgIpc) is 1.79. The molecule has 0 spiro atoms. The van der Waals surface area contributed by atoms with Crippen molar-refractivity contribution in [2.75, 3.05) is 113 Å². The minimum absolute atomic E-state index is 0.0567. The summed E-state index contributed by atoms with van der Waals surface area (Å²) in [6, 6.07) is 41.0. The second kappa shape index (κ2) is 30.7. The summed E-state index contributed by atoms with van der Waals surface area (Å²) in [4.78, 5) is 61.2. The van der Waals surface area contributed by atoms with Crippen LogP contribution in [0.15, 0.2) is 157 Å². The molecule has 444 valence electrons. The van der Waals surface area contributed by atoms with Crippen LogP contribution in [-0.2, 0) is 14.3 Å². The normalized spacial score (nSPS) is 17.0. The van der Waals surface area contributed by atoms with E-state index in [0.29, 0.717) is 31.6 Å². The Labute approximate surface area is 513 Å². The van der Waals surface area contributed by atoms with Crippen LogP contribution in [0.1, 0.15) is 81.5 Å². The third-order valence-electron chi connectivity index (χ3n) is 16.5. The number of amides is 2. The van der Waals surface area contributed by atoms with Crippen molar-refractivity contribution in [1.29, 1.82) is 0 Å². The molecular weight excluding hydrogens is 1130 g/mol. The summed E-state index contributed by atoms with van der Waals surface area (Å²) in [5, 5.41) is 9.91. The summed E-state index contributed by atoms with van der Waals surface area (Å²) in [7, 11) is 0. The maximum Gasteiger partial charge on any atom is 0.420 e. The molecule has 18 heteroatoms. The molecule has 12 rings (SSSR count). The van der Waals surface area contributed by atoms with Crippen molar-refractivity contribution in [3.05, 3.63) is 138 Å². The van der Waals surface area contributed by atoms with Crippen molar-refractivity contribution in [1.82, 2.24) is 19.7 Å². The number of nitrogens with two attached hydrogens (primary N) is 1. The predicted molar refractivity (Wildman–Crippen MR) is 341 cm³/mol. The summed E-state index contributed by atoms with van der Waals surface area (Å²) < 4.78 is 11.1. The standard InChI is InChI=1S/C24H30N2O2S.C21H24ClN3OS.C21H25N3O3S/c1-18(28)20-7-8-24-22(17-20)26(21-5-2-3-6-23(21)29-24)13-4-12-25-14-9-19(10-15-25)11-16-27;22-16-6-7-20-18(14-16)25(17-4-1-2-5-19(17)27-20)11-3-10-24-12-8-15(9-13-24)21(23)26;25-21(27-16-15-26-14-13-23-11-4-1-5-12-23)24-17-7-2-3-8-18(17)28-19-9-6-10-22-20(19)24/h2-3,5-8,17,19,27H,4,9-16H2,1H3;1-2,4-7,14-15H,3,8-13H2,(H2,23,26);2-3,6-10H,1,4-5,11-16H2. The Morgan fingerprint density at radius 2 is 1.12 bits per heavy atom. The molecule has 0 saturated carbocycles. The van der Waals surface area contributed by atoms with Gasteiger partial charge in [-0.15, -0.1) is 0 Å². The molecule has 3 fully saturated rings. The summed E-state index contributed by atoms with van der Waals surface area (Å²) in [6.07, 6.45) is 12.4. The average molecular weight is 1210 g/mol. The molecule has 7 heterocycles. The van der Waals surface area contributed by atoms with Crippen LogP contribution in [0.25, 0.3) is 0 Å². The molecule has 1 aromatic heterocycles. The van der Waals surface area contributed by atoms with Crippen LogP contribution < -0.4 is 20.4 Å². The number of nitrogens with zero attached hydrogens (tertiary/aromatic N) is 7. The van der Waals surface area contributed by atoms with Gasteiger partial charge in [-0.1, -0.05) is 95.8 Å². The van der Waals surface area contributed by atoms with Crippen molar-refractivity contribution in [2.24, 2.45) is 17.6 Å². The molecule has 6 aromatic rings. The number of ketones is 1. The molecule has 3 N–H and O–H groups in total. The Bertz CT molecular complexity index is 3130. The van der Waals surface area contributed by atoms with Gasteiger partial charge in [-0.05, 0) is 202 Å². The lowest BCUT2D eigenvalue weighted by Gasteiger charge is -2.35. The zero-order valence-electron chi connectivity index (χ0n) is 48.3. The lowest BCUT2D eigenvalue weighted by Crippen LogP contribution is -2.39. The number of piperidine rings is 3. The number of fused-ring (bicyclic) bond motifs is 6. The fraction of sp³-hybridized carbons (Fsp3) is 0.424. The number of ether oxygens (including phenoxy) is 2. The van der Waals surface area contributed by atoms with Crippen molar-refractivity contribution in [2.45, 2.75) is 101 Å². The van der Waals surface area contributed by atoms with Gasteiger partial charge >= 0.3 is 6.09 Å². The lowest BCUT2D eigenvalue weighted by atomic mass is 9.94. The first-order valence-electron chi connectivity index (χ1n) is 30.0. The fourth-order valence-corrected chi connectivity index (χ4v) is 15.2. The number of carbonyl (C=O) groups excluding carboxylic acids is 3. The summed E-state index contributed by atoms with van der Waals surface area (Å²) in [5.74, 6) is 1.33. The number of hydrogen-bond acceptors (Lipinski definition) is 15. The molecule has 6 aliphatic heterocycles. The number of Topliss-reactive ketones (excluding diaryl/α,β-unsaturated/α-hetero) is 1. The highest BCUT2D eigenvalue weighted by Crippen LogP contribution is 2.51. The molecular formula is C66H79ClN8O6S3. The predicted octanol–water partition coefficient (Wildman–Crippen LogP) is 13.8. The van der Waals surface area contributed by atoms with E-state index in [1.165, 1.54) is 68.7 Å². The Balaban J connectivity index is 0.000000140. The zero-order valence-corrected chi connectivity index (χ0v) is 51.5. The molecule has 0 bridgehead atoms. The van der Waals surface area contributed by atoms with Crippen LogP contribution >= 0.6 is 46.9 Å². The summed E-state index contributed by atoms with van der Waals surface area (Å²) in [6.45, 7) is 14.8. The van der Waals surface area contributed by atoms with Crippen molar-refractivity contribution < 1.29 is 29.0 Å². The van der Waals surface area contributed by atoms with Gasteiger partial charge in [0.1, 0.15) is 6.61 Å². The number of hydrogen-bond donors (Lipinski definition) is 2. The maximum atomic E-state index is 12.8. The molecule has 6 aliphatic rings. The van der Waals surface area contributed by atoms with E-state index in [1.807, 2.05) is 48.5 Å². The minimum atomic E-state index is -0.424. The fourth-order valence-electron chi connectivity index (χ4n) is 11.9. The zero-order chi connectivity index (χ0) is 58.2. The quantitative estimate of drug-likeness (QED) is 0.0621. The van der Waals surface area contributed by atoms with Gasteiger partial charge in [0.2, 0.25) is 5.91 Å². The third-order valence-corrected chi connectivity index (χ3v) is 20.1. The molecule has 0 aliphatic carbocycles. The lowest BCUT2D eigenvalue weighted by molar-refractivity contribution is -0.123. The monoisotopic (exact) mass is 1210 g/mol. The van der Waals surface area contributed by atoms with Gasteiger partial charge in [-0.3, -0.25) is 9.59 Å². The molecule has 0 unspecified atom stereocenters. The van der Waals surface area contributed by atoms with Crippen molar-refractivity contribution in [3.63, 3.8) is 0 Å². The number of likely N-dealkylation sites (tertiary alicyclic amines) is 3. The first kappa shape index (κ1) is 61.5. The Kier molecular flexibility index (Phi) is 22.4. The molecule has 14 nitrogen and oxygen atoms in total. The summed E-state index contributed by atoms with van der Waals surface area (Å²) in [5.41, 5.74) is 11.9.